The molecule has 0 radical (unpaired) electrons. The van der Waals surface area contributed by atoms with Gasteiger partial charge in [-0.05, 0) is 11.4 Å². The molecule has 0 aliphatic heterocycles. The van der Waals surface area contributed by atoms with E-state index in [-0.39, 0.29) is 11.7 Å². The summed E-state index contributed by atoms with van der Waals surface area (Å²) in [6.45, 7) is -0.407. The fraction of sp³-hybridized carbons (Fsp3) is 0.500. The summed E-state index contributed by atoms with van der Waals surface area (Å²) >= 11 is 3.01. The van der Waals surface area contributed by atoms with Crippen molar-refractivity contribution >= 4 is 29.0 Å². The van der Waals surface area contributed by atoms with Crippen LogP contribution in [-0.4, -0.2) is 35.8 Å². The molecule has 1 unspecified atom stereocenters. The van der Waals surface area contributed by atoms with Crippen LogP contribution in [0.25, 0.3) is 0 Å². The molecule has 1 heterocycles. The molecule has 7 heteroatoms. The second kappa shape index (κ2) is 7.62. The van der Waals surface area contributed by atoms with Gasteiger partial charge in [-0.15, -0.1) is 23.1 Å². The molecule has 1 amide bonds. The number of hydrogen-bond donors (Lipinski definition) is 2. The summed E-state index contributed by atoms with van der Waals surface area (Å²) in [5.74, 6) is 0.586. The fourth-order valence-corrected chi connectivity index (χ4v) is 2.70. The first-order chi connectivity index (χ1) is 8.09. The topological polar surface area (TPSA) is 49.3 Å². The molecule has 3 nitrogen and oxygen atoms in total. The highest BCUT2D eigenvalue weighted by Gasteiger charge is 2.17. The molecule has 0 aromatic carbocycles. The molecule has 0 spiro atoms. The number of halogens is 2. The van der Waals surface area contributed by atoms with E-state index < -0.39 is 19.1 Å². The predicted octanol–water partition coefficient (Wildman–Crippen LogP) is 1.72. The van der Waals surface area contributed by atoms with Crippen LogP contribution in [0.2, 0.25) is 0 Å². The average molecular weight is 281 g/mol. The second-order valence-corrected chi connectivity index (χ2v) is 5.30. The third-order valence-electron chi connectivity index (χ3n) is 1.86. The van der Waals surface area contributed by atoms with E-state index in [0.29, 0.717) is 0 Å². The number of thiophene rings is 1. The van der Waals surface area contributed by atoms with Crippen LogP contribution in [0.3, 0.4) is 0 Å². The Hall–Kier alpha value is -0.660. The smallest absolute Gasteiger partial charge is 0.265 e. The summed E-state index contributed by atoms with van der Waals surface area (Å²) in [4.78, 5) is 12.4. The molecule has 2 N–H and O–H groups in total. The molecule has 0 saturated heterocycles. The highest BCUT2D eigenvalue weighted by Crippen LogP contribution is 2.16. The molecule has 1 aromatic rings. The molecule has 1 atom stereocenters. The van der Waals surface area contributed by atoms with Crippen molar-refractivity contribution in [3.05, 3.63) is 22.4 Å². The van der Waals surface area contributed by atoms with E-state index in [1.165, 1.54) is 11.8 Å². The van der Waals surface area contributed by atoms with Gasteiger partial charge in [-0.3, -0.25) is 4.79 Å². The Morgan fingerprint density at radius 3 is 2.94 bits per heavy atom. The SMILES string of the molecule is O=C(CSCc1cccs1)NCC(O)C(F)F. The minimum Gasteiger partial charge on any atom is -0.385 e. The van der Waals surface area contributed by atoms with Crippen molar-refractivity contribution in [1.82, 2.24) is 5.32 Å². The van der Waals surface area contributed by atoms with E-state index in [9.17, 15) is 13.6 Å². The fourth-order valence-electron chi connectivity index (χ4n) is 0.998. The Balaban J connectivity index is 2.09. The van der Waals surface area contributed by atoms with Crippen molar-refractivity contribution < 1.29 is 18.7 Å². The van der Waals surface area contributed by atoms with Crippen molar-refractivity contribution in [1.29, 1.82) is 0 Å². The van der Waals surface area contributed by atoms with Crippen LogP contribution in [0.4, 0.5) is 8.78 Å². The zero-order chi connectivity index (χ0) is 12.7. The number of rotatable bonds is 7. The average Bonchev–Trinajstić information content (AvgIpc) is 2.78. The molecule has 0 bridgehead atoms. The first kappa shape index (κ1) is 14.4. The van der Waals surface area contributed by atoms with Gasteiger partial charge < -0.3 is 10.4 Å². The van der Waals surface area contributed by atoms with E-state index in [1.807, 2.05) is 17.5 Å². The normalized spacial score (nSPS) is 12.7. The van der Waals surface area contributed by atoms with E-state index in [0.717, 1.165) is 10.6 Å². The van der Waals surface area contributed by atoms with Crippen molar-refractivity contribution in [2.75, 3.05) is 12.3 Å². The lowest BCUT2D eigenvalue weighted by molar-refractivity contribution is -0.119. The van der Waals surface area contributed by atoms with Gasteiger partial charge in [-0.1, -0.05) is 6.07 Å². The minimum atomic E-state index is -2.82. The van der Waals surface area contributed by atoms with Crippen LogP contribution >= 0.6 is 23.1 Å². The van der Waals surface area contributed by atoms with Gasteiger partial charge in [-0.25, -0.2) is 8.78 Å². The van der Waals surface area contributed by atoms with E-state index in [1.54, 1.807) is 11.3 Å². The Kier molecular flexibility index (Phi) is 6.46. The number of aliphatic hydroxyl groups excluding tert-OH is 1. The maximum Gasteiger partial charge on any atom is 0.265 e. The molecular formula is C10H13F2NO2S2. The van der Waals surface area contributed by atoms with Crippen molar-refractivity contribution in [3.8, 4) is 0 Å². The standard InChI is InChI=1S/C10H13F2NO2S2/c11-10(12)8(14)4-13-9(15)6-16-5-7-2-1-3-17-7/h1-3,8,10,14H,4-6H2,(H,13,15). The van der Waals surface area contributed by atoms with Crippen LogP contribution in [0, 0.1) is 0 Å². The Morgan fingerprint density at radius 1 is 1.59 bits per heavy atom. The predicted molar refractivity (Wildman–Crippen MR) is 65.5 cm³/mol. The Labute approximate surface area is 106 Å². The van der Waals surface area contributed by atoms with Crippen molar-refractivity contribution in [2.24, 2.45) is 0 Å². The van der Waals surface area contributed by atoms with Crippen LogP contribution in [0.1, 0.15) is 4.88 Å². The van der Waals surface area contributed by atoms with Gasteiger partial charge in [0.2, 0.25) is 5.91 Å². The summed E-state index contributed by atoms with van der Waals surface area (Å²) in [7, 11) is 0. The molecule has 0 saturated carbocycles. The van der Waals surface area contributed by atoms with Gasteiger partial charge in [0.15, 0.2) is 0 Å². The van der Waals surface area contributed by atoms with Crippen LogP contribution in [0.15, 0.2) is 17.5 Å². The second-order valence-electron chi connectivity index (χ2n) is 3.28. The summed E-state index contributed by atoms with van der Waals surface area (Å²) in [6, 6.07) is 3.90. The minimum absolute atomic E-state index is 0.202. The molecular weight excluding hydrogens is 268 g/mol. The van der Waals surface area contributed by atoms with Gasteiger partial charge in [0.05, 0.1) is 5.75 Å². The summed E-state index contributed by atoms with van der Waals surface area (Å²) in [6.07, 6.45) is -4.62. The summed E-state index contributed by atoms with van der Waals surface area (Å²) < 4.78 is 23.8. The van der Waals surface area contributed by atoms with Gasteiger partial charge >= 0.3 is 0 Å². The molecule has 96 valence electrons. The number of aliphatic hydroxyl groups is 1. The van der Waals surface area contributed by atoms with Crippen LogP contribution in [0.5, 0.6) is 0 Å². The van der Waals surface area contributed by atoms with Crippen molar-refractivity contribution in [3.63, 3.8) is 0 Å². The monoisotopic (exact) mass is 281 g/mol. The summed E-state index contributed by atoms with van der Waals surface area (Å²) in [5.41, 5.74) is 0. The number of nitrogens with one attached hydrogen (secondary N) is 1. The number of carbonyl (C=O) groups excluding carboxylic acids is 1. The lowest BCUT2D eigenvalue weighted by Gasteiger charge is -2.10. The van der Waals surface area contributed by atoms with Gasteiger partial charge in [0.25, 0.3) is 6.43 Å². The summed E-state index contributed by atoms with van der Waals surface area (Å²) in [5, 5.41) is 13.0. The maximum atomic E-state index is 11.9. The first-order valence-corrected chi connectivity index (χ1v) is 6.96. The molecule has 0 fully saturated rings. The Bertz CT molecular complexity index is 333. The van der Waals surface area contributed by atoms with Gasteiger partial charge in [-0.2, -0.15) is 0 Å². The van der Waals surface area contributed by atoms with Gasteiger partial charge in [0, 0.05) is 17.2 Å². The number of alkyl halides is 2. The third kappa shape index (κ3) is 5.99. The largest absolute Gasteiger partial charge is 0.385 e. The molecule has 1 aromatic heterocycles. The highest BCUT2D eigenvalue weighted by molar-refractivity contribution is 7.99. The lowest BCUT2D eigenvalue weighted by Crippen LogP contribution is -2.36. The number of thioether (sulfide) groups is 1. The number of hydrogen-bond acceptors (Lipinski definition) is 4. The van der Waals surface area contributed by atoms with Crippen molar-refractivity contribution in [2.45, 2.75) is 18.3 Å². The quantitative estimate of drug-likeness (QED) is 0.800. The van der Waals surface area contributed by atoms with Crippen LogP contribution < -0.4 is 5.32 Å². The lowest BCUT2D eigenvalue weighted by atomic mass is 10.4. The highest BCUT2D eigenvalue weighted by atomic mass is 32.2. The zero-order valence-electron chi connectivity index (χ0n) is 8.94. The van der Waals surface area contributed by atoms with Crippen LogP contribution in [-0.2, 0) is 10.5 Å². The van der Waals surface area contributed by atoms with E-state index in [4.69, 9.17) is 5.11 Å². The Morgan fingerprint density at radius 2 is 2.35 bits per heavy atom. The number of amides is 1. The molecule has 17 heavy (non-hydrogen) atoms. The van der Waals surface area contributed by atoms with E-state index in [2.05, 4.69) is 5.32 Å². The first-order valence-electron chi connectivity index (χ1n) is 4.92. The molecule has 0 aliphatic rings. The van der Waals surface area contributed by atoms with Gasteiger partial charge in [0.1, 0.15) is 6.10 Å². The molecule has 1 rings (SSSR count). The maximum absolute atomic E-state index is 11.9. The zero-order valence-corrected chi connectivity index (χ0v) is 10.6. The molecule has 0 aliphatic carbocycles. The number of carbonyl (C=O) groups is 1. The third-order valence-corrected chi connectivity index (χ3v) is 3.90. The van der Waals surface area contributed by atoms with E-state index >= 15 is 0 Å².